The highest BCUT2D eigenvalue weighted by Gasteiger charge is 2.25. The van der Waals surface area contributed by atoms with E-state index in [0.29, 0.717) is 0 Å². The third-order valence-electron chi connectivity index (χ3n) is 3.85. The van der Waals surface area contributed by atoms with Gasteiger partial charge in [-0.1, -0.05) is 48.0 Å². The van der Waals surface area contributed by atoms with Gasteiger partial charge in [-0.05, 0) is 37.5 Å². The van der Waals surface area contributed by atoms with Crippen LogP contribution >= 0.6 is 8.24 Å². The monoisotopic (exact) mass is 330 g/mol. The summed E-state index contributed by atoms with van der Waals surface area (Å²) < 4.78 is 15.2. The maximum atomic E-state index is 12.8. The summed E-state index contributed by atoms with van der Waals surface area (Å²) in [5.41, 5.74) is 4.90. The van der Waals surface area contributed by atoms with Crippen LogP contribution in [-0.4, -0.2) is 5.78 Å². The second-order valence-corrected chi connectivity index (χ2v) is 6.73. The Labute approximate surface area is 136 Å². The Hall–Kier alpha value is -2.03. The second kappa shape index (κ2) is 6.61. The first kappa shape index (κ1) is 15.9. The van der Waals surface area contributed by atoms with Crippen molar-refractivity contribution >= 4 is 14.0 Å². The van der Waals surface area contributed by atoms with E-state index >= 15 is 0 Å². The zero-order chi connectivity index (χ0) is 16.4. The van der Waals surface area contributed by atoms with Crippen LogP contribution in [0, 0.1) is 20.8 Å². The molecule has 0 aliphatic rings. The Kier molecular flexibility index (Phi) is 4.56. The maximum absolute atomic E-state index is 12.8. The molecule has 0 amide bonds. The predicted molar refractivity (Wildman–Crippen MR) is 89.0 cm³/mol. The molecule has 3 rings (SSSR count). The Morgan fingerprint density at radius 1 is 1.09 bits per heavy atom. The lowest BCUT2D eigenvalue weighted by molar-refractivity contribution is 0.0936. The van der Waals surface area contributed by atoms with Gasteiger partial charge in [-0.25, -0.2) is 8.71 Å². The number of hydrogen-bond donors (Lipinski definition) is 0. The summed E-state index contributed by atoms with van der Waals surface area (Å²) in [5.74, 6) is 0.0747. The highest BCUT2D eigenvalue weighted by molar-refractivity contribution is 7.33. The van der Waals surface area contributed by atoms with Crippen LogP contribution in [0.5, 0.6) is 0 Å². The molecule has 120 valence electrons. The summed E-state index contributed by atoms with van der Waals surface area (Å²) in [4.78, 5) is 12.8. The molecule has 0 radical (unpaired) electrons. The molecule has 0 saturated heterocycles. The van der Waals surface area contributed by atoms with E-state index in [1.807, 2.05) is 63.2 Å². The molecule has 0 bridgehead atoms. The quantitative estimate of drug-likeness (QED) is 0.459. The van der Waals surface area contributed by atoms with E-state index in [4.69, 9.17) is 13.2 Å². The summed E-state index contributed by atoms with van der Waals surface area (Å²) in [6, 6.07) is 13.8. The van der Waals surface area contributed by atoms with E-state index in [9.17, 15) is 4.79 Å². The van der Waals surface area contributed by atoms with E-state index in [1.54, 1.807) is 0 Å². The third-order valence-corrected chi connectivity index (χ3v) is 4.54. The molecule has 1 atom stereocenters. The first-order valence-corrected chi connectivity index (χ1v) is 8.62. The van der Waals surface area contributed by atoms with Gasteiger partial charge >= 0.3 is 8.24 Å². The van der Waals surface area contributed by atoms with Crippen LogP contribution in [0.15, 0.2) is 51.2 Å². The van der Waals surface area contributed by atoms with E-state index in [1.165, 1.54) is 0 Å². The van der Waals surface area contributed by atoms with Crippen LogP contribution < -0.4 is 4.52 Å². The van der Waals surface area contributed by atoms with Crippen LogP contribution in [0.4, 0.5) is 0 Å². The predicted octanol–water partition coefficient (Wildman–Crippen LogP) is 5.23. The van der Waals surface area contributed by atoms with Gasteiger partial charge in [-0.3, -0.25) is 9.32 Å². The van der Waals surface area contributed by atoms with Crippen LogP contribution in [0.1, 0.15) is 45.1 Å². The van der Waals surface area contributed by atoms with Crippen molar-refractivity contribution in [1.82, 2.24) is 0 Å². The van der Waals surface area contributed by atoms with E-state index in [0.717, 1.165) is 27.8 Å². The summed E-state index contributed by atoms with van der Waals surface area (Å²) in [6.07, 6.45) is -0.0993. The van der Waals surface area contributed by atoms with Crippen molar-refractivity contribution in [3.05, 3.63) is 70.3 Å². The highest BCUT2D eigenvalue weighted by Crippen LogP contribution is 2.38. The number of carbonyl (C=O) groups is 1. The highest BCUT2D eigenvalue weighted by atomic mass is 31.1. The third kappa shape index (κ3) is 3.84. The van der Waals surface area contributed by atoms with E-state index in [-0.39, 0.29) is 18.3 Å². The number of Topliss-reactive ketones (excluding diaryl/α,β-unsaturated/α-hetero) is 1. The molecule has 0 aliphatic heterocycles. The van der Waals surface area contributed by atoms with Gasteiger partial charge in [-0.15, -0.1) is 0 Å². The largest absolute Gasteiger partial charge is 0.468 e. The minimum Gasteiger partial charge on any atom is -0.294 e. The topological polar surface area (TPSA) is 52.6 Å². The standard InChI is InChI=1S/C18H19O4P/c1-12-9-13(2)18(14(3)10-12)16(19)11-17(20-23-21-22-23)15-7-5-4-6-8-15/h4-10,17H,11H2,1-3H3. The molecule has 5 heteroatoms. The average molecular weight is 330 g/mol. The van der Waals surface area contributed by atoms with Gasteiger partial charge in [0.05, 0.1) is 0 Å². The first-order valence-electron chi connectivity index (χ1n) is 7.52. The van der Waals surface area contributed by atoms with Crippen LogP contribution in [0.25, 0.3) is 0 Å². The van der Waals surface area contributed by atoms with Crippen molar-refractivity contribution in [2.24, 2.45) is 0 Å². The number of hydrogen-bond acceptors (Lipinski definition) is 4. The molecule has 2 aromatic carbocycles. The van der Waals surface area contributed by atoms with Gasteiger partial charge < -0.3 is 0 Å². The first-order chi connectivity index (χ1) is 11.0. The smallest absolute Gasteiger partial charge is 0.294 e. The summed E-state index contributed by atoms with van der Waals surface area (Å²) in [5, 5.41) is 0. The molecule has 0 saturated carbocycles. The molecule has 0 spiro atoms. The van der Waals surface area contributed by atoms with Crippen molar-refractivity contribution in [3.8, 4) is 0 Å². The molecule has 23 heavy (non-hydrogen) atoms. The Balaban J connectivity index is 1.86. The lowest BCUT2D eigenvalue weighted by Crippen LogP contribution is -2.14. The van der Waals surface area contributed by atoms with Gasteiger partial charge in [0, 0.05) is 12.0 Å². The molecule has 1 heterocycles. The van der Waals surface area contributed by atoms with Crippen molar-refractivity contribution < 1.29 is 18.0 Å². The molecular formula is C18H19O4P. The number of rotatable bonds is 6. The summed E-state index contributed by atoms with van der Waals surface area (Å²) in [7, 11) is -1.29. The fourth-order valence-corrected chi connectivity index (χ4v) is 3.51. The number of carbonyl (C=O) groups excluding carboxylic acids is 1. The van der Waals surface area contributed by atoms with Gasteiger partial charge in [0.1, 0.15) is 6.10 Å². The molecule has 3 aromatic rings. The van der Waals surface area contributed by atoms with Crippen LogP contribution in [0.2, 0.25) is 0 Å². The molecule has 1 aromatic heterocycles. The number of aryl methyl sites for hydroxylation is 3. The Bertz CT molecular complexity index is 763. The molecular weight excluding hydrogens is 311 g/mol. The Morgan fingerprint density at radius 2 is 1.70 bits per heavy atom. The van der Waals surface area contributed by atoms with E-state index in [2.05, 4.69) is 0 Å². The zero-order valence-electron chi connectivity index (χ0n) is 13.4. The SMILES string of the molecule is Cc1cc(C)c(C(=O)CC(Op2oo2)c2ccccc2)c(C)c1. The minimum absolute atomic E-state index is 0.0747. The molecule has 4 nitrogen and oxygen atoms in total. The fourth-order valence-electron chi connectivity index (χ4n) is 2.93. The van der Waals surface area contributed by atoms with E-state index < -0.39 is 8.24 Å². The van der Waals surface area contributed by atoms with Crippen molar-refractivity contribution in [1.29, 1.82) is 0 Å². The lowest BCUT2D eigenvalue weighted by atomic mass is 9.93. The summed E-state index contributed by atoms with van der Waals surface area (Å²) >= 11 is 0. The van der Waals surface area contributed by atoms with Crippen molar-refractivity contribution in [2.75, 3.05) is 0 Å². The van der Waals surface area contributed by atoms with Gasteiger partial charge in [0.15, 0.2) is 5.78 Å². The summed E-state index contributed by atoms with van der Waals surface area (Å²) in [6.45, 7) is 5.99. The second-order valence-electron chi connectivity index (χ2n) is 5.78. The zero-order valence-corrected chi connectivity index (χ0v) is 14.3. The average Bonchev–Trinajstić information content (AvgIpc) is 3.30. The van der Waals surface area contributed by atoms with Gasteiger partial charge in [0.25, 0.3) is 0 Å². The van der Waals surface area contributed by atoms with Gasteiger partial charge in [0.2, 0.25) is 0 Å². The van der Waals surface area contributed by atoms with Crippen LogP contribution in [-0.2, 0) is 0 Å². The fraction of sp³-hybridized carbons (Fsp3) is 0.278. The molecule has 0 N–H and O–H groups in total. The number of benzene rings is 2. The molecule has 0 fully saturated rings. The normalized spacial score (nSPS) is 12.5. The maximum Gasteiger partial charge on any atom is 0.468 e. The van der Waals surface area contributed by atoms with Crippen molar-refractivity contribution in [2.45, 2.75) is 33.3 Å². The van der Waals surface area contributed by atoms with Crippen molar-refractivity contribution in [3.63, 3.8) is 0 Å². The lowest BCUT2D eigenvalue weighted by Gasteiger charge is -2.15. The molecule has 1 unspecified atom stereocenters. The van der Waals surface area contributed by atoms with Gasteiger partial charge in [-0.2, -0.15) is 0 Å². The minimum atomic E-state index is -1.29. The number of ketones is 1. The molecule has 0 aliphatic carbocycles. The van der Waals surface area contributed by atoms with Crippen LogP contribution in [0.3, 0.4) is 0 Å². The Morgan fingerprint density at radius 3 is 2.26 bits per heavy atom.